The Bertz CT molecular complexity index is 1250. The number of rotatable bonds is 6. The first-order valence-electron chi connectivity index (χ1n) is 11.0. The molecule has 33 heavy (non-hydrogen) atoms. The van der Waals surface area contributed by atoms with Gasteiger partial charge in [-0.3, -0.25) is 4.90 Å². The van der Waals surface area contributed by atoms with Crippen LogP contribution in [-0.2, 0) is 6.42 Å². The monoisotopic (exact) mass is 467 g/mol. The molecular formula is C24H26FN5O2S. The number of aryl methyl sites for hydroxylation is 1. The highest BCUT2D eigenvalue weighted by Crippen LogP contribution is 2.41. The number of thiazole rings is 1. The van der Waals surface area contributed by atoms with Crippen molar-refractivity contribution in [1.29, 1.82) is 0 Å². The quantitative estimate of drug-likeness (QED) is 0.460. The highest BCUT2D eigenvalue weighted by molar-refractivity contribution is 7.17. The van der Waals surface area contributed by atoms with Gasteiger partial charge < -0.3 is 14.7 Å². The SMILES string of the molecule is CCc1nc2sc(C(c3cccc(OC)c3)N3CCN(c4ccc(F)cc4)CC3)c(O)n2n1. The maximum Gasteiger partial charge on any atom is 0.230 e. The lowest BCUT2D eigenvalue weighted by Gasteiger charge is -2.40. The van der Waals surface area contributed by atoms with Gasteiger partial charge in [-0.25, -0.2) is 9.37 Å². The Labute approximate surface area is 195 Å². The molecule has 1 saturated heterocycles. The van der Waals surface area contributed by atoms with Crippen molar-refractivity contribution in [2.75, 3.05) is 38.2 Å². The Morgan fingerprint density at radius 3 is 2.55 bits per heavy atom. The number of aromatic nitrogens is 3. The van der Waals surface area contributed by atoms with E-state index in [1.807, 2.05) is 37.3 Å². The first-order chi connectivity index (χ1) is 16.1. The Kier molecular flexibility index (Phi) is 5.90. The Balaban J connectivity index is 1.48. The third kappa shape index (κ3) is 4.14. The summed E-state index contributed by atoms with van der Waals surface area (Å²) in [5.74, 6) is 1.40. The summed E-state index contributed by atoms with van der Waals surface area (Å²) in [5.41, 5.74) is 2.06. The molecule has 4 aromatic rings. The van der Waals surface area contributed by atoms with E-state index in [2.05, 4.69) is 25.9 Å². The molecule has 2 aromatic heterocycles. The molecule has 0 aliphatic carbocycles. The van der Waals surface area contributed by atoms with Crippen molar-refractivity contribution in [3.63, 3.8) is 0 Å². The molecule has 172 valence electrons. The molecular weight excluding hydrogens is 441 g/mol. The van der Waals surface area contributed by atoms with E-state index in [0.717, 1.165) is 48.1 Å². The molecule has 1 atom stereocenters. The van der Waals surface area contributed by atoms with Crippen molar-refractivity contribution in [3.05, 3.63) is 70.6 Å². The number of hydrogen-bond acceptors (Lipinski definition) is 7. The molecule has 9 heteroatoms. The predicted molar refractivity (Wildman–Crippen MR) is 127 cm³/mol. The van der Waals surface area contributed by atoms with Gasteiger partial charge in [0.25, 0.3) is 0 Å². The Morgan fingerprint density at radius 2 is 1.88 bits per heavy atom. The van der Waals surface area contributed by atoms with Crippen molar-refractivity contribution in [2.45, 2.75) is 19.4 Å². The summed E-state index contributed by atoms with van der Waals surface area (Å²) in [5, 5.41) is 15.6. The third-order valence-electron chi connectivity index (χ3n) is 6.09. The summed E-state index contributed by atoms with van der Waals surface area (Å²) in [7, 11) is 1.66. The lowest BCUT2D eigenvalue weighted by molar-refractivity contribution is 0.211. The second-order valence-corrected chi connectivity index (χ2v) is 9.05. The zero-order valence-corrected chi connectivity index (χ0v) is 19.4. The van der Waals surface area contributed by atoms with Crippen LogP contribution in [0.3, 0.4) is 0 Å². The lowest BCUT2D eigenvalue weighted by atomic mass is 10.0. The highest BCUT2D eigenvalue weighted by Gasteiger charge is 2.32. The van der Waals surface area contributed by atoms with Crippen molar-refractivity contribution < 1.29 is 14.2 Å². The van der Waals surface area contributed by atoms with Gasteiger partial charge in [0.1, 0.15) is 11.6 Å². The standard InChI is InChI=1S/C24H26FN5O2S/c1-3-20-26-24-30(27-20)23(31)22(33-24)21(16-5-4-6-19(15-16)32-2)29-13-11-28(12-14-29)18-9-7-17(25)8-10-18/h4-10,15,21,31H,3,11-14H2,1-2H3. The predicted octanol–water partition coefficient (Wildman–Crippen LogP) is 4.12. The molecule has 0 radical (unpaired) electrons. The van der Waals surface area contributed by atoms with Crippen LogP contribution in [0.5, 0.6) is 11.6 Å². The van der Waals surface area contributed by atoms with Crippen LogP contribution in [0.25, 0.3) is 4.96 Å². The van der Waals surface area contributed by atoms with Gasteiger partial charge in [0, 0.05) is 38.3 Å². The van der Waals surface area contributed by atoms with Crippen LogP contribution in [0, 0.1) is 5.82 Å². The smallest absolute Gasteiger partial charge is 0.230 e. The number of benzene rings is 2. The average Bonchev–Trinajstić information content (AvgIpc) is 3.39. The summed E-state index contributed by atoms with van der Waals surface area (Å²) < 4.78 is 20.3. The molecule has 1 unspecified atom stereocenters. The normalized spacial score (nSPS) is 15.8. The topological polar surface area (TPSA) is 66.1 Å². The number of piperazine rings is 1. The van der Waals surface area contributed by atoms with E-state index >= 15 is 0 Å². The summed E-state index contributed by atoms with van der Waals surface area (Å²) in [4.78, 5) is 10.7. The summed E-state index contributed by atoms with van der Waals surface area (Å²) in [6.07, 6.45) is 0.716. The number of halogens is 1. The fourth-order valence-corrected chi connectivity index (χ4v) is 5.48. The molecule has 1 N–H and O–H groups in total. The van der Waals surface area contributed by atoms with Crippen molar-refractivity contribution >= 4 is 22.0 Å². The number of aromatic hydroxyl groups is 1. The third-order valence-corrected chi connectivity index (χ3v) is 7.16. The van der Waals surface area contributed by atoms with Crippen molar-refractivity contribution in [1.82, 2.24) is 19.5 Å². The van der Waals surface area contributed by atoms with E-state index in [1.165, 1.54) is 23.5 Å². The average molecular weight is 468 g/mol. The summed E-state index contributed by atoms with van der Waals surface area (Å²) >= 11 is 1.47. The summed E-state index contributed by atoms with van der Waals surface area (Å²) in [6.45, 7) is 5.16. The second kappa shape index (κ2) is 8.99. The molecule has 0 amide bonds. The number of ether oxygens (including phenoxy) is 1. The van der Waals surface area contributed by atoms with E-state index in [0.29, 0.717) is 17.2 Å². The fourth-order valence-electron chi connectivity index (χ4n) is 4.35. The molecule has 1 aliphatic rings. The minimum atomic E-state index is -0.228. The maximum absolute atomic E-state index is 13.3. The first-order valence-corrected chi connectivity index (χ1v) is 11.8. The fraction of sp³-hybridized carbons (Fsp3) is 0.333. The van der Waals surface area contributed by atoms with Crippen LogP contribution >= 0.6 is 11.3 Å². The number of methoxy groups -OCH3 is 1. The minimum absolute atomic E-state index is 0.135. The van der Waals surface area contributed by atoms with Gasteiger partial charge in [0.15, 0.2) is 5.82 Å². The van der Waals surface area contributed by atoms with Gasteiger partial charge in [0.05, 0.1) is 18.0 Å². The molecule has 0 saturated carbocycles. The lowest BCUT2D eigenvalue weighted by Crippen LogP contribution is -2.47. The Morgan fingerprint density at radius 1 is 1.12 bits per heavy atom. The van der Waals surface area contributed by atoms with Crippen molar-refractivity contribution in [2.24, 2.45) is 0 Å². The van der Waals surface area contributed by atoms with Gasteiger partial charge in [-0.1, -0.05) is 30.4 Å². The van der Waals surface area contributed by atoms with Crippen LogP contribution in [-0.4, -0.2) is 57.9 Å². The molecule has 0 bridgehead atoms. The molecule has 1 aliphatic heterocycles. The number of hydrogen-bond donors (Lipinski definition) is 1. The zero-order valence-electron chi connectivity index (χ0n) is 18.6. The van der Waals surface area contributed by atoms with Crippen LogP contribution in [0.4, 0.5) is 10.1 Å². The van der Waals surface area contributed by atoms with Crippen LogP contribution in [0.1, 0.15) is 29.2 Å². The zero-order chi connectivity index (χ0) is 22.9. The van der Waals surface area contributed by atoms with Gasteiger partial charge in [0.2, 0.25) is 10.8 Å². The van der Waals surface area contributed by atoms with Crippen LogP contribution in [0.2, 0.25) is 0 Å². The molecule has 1 fully saturated rings. The molecule has 2 aromatic carbocycles. The van der Waals surface area contributed by atoms with Gasteiger partial charge >= 0.3 is 0 Å². The Hall–Kier alpha value is -3.17. The van der Waals surface area contributed by atoms with Gasteiger partial charge in [-0.2, -0.15) is 4.52 Å². The van der Waals surface area contributed by atoms with E-state index in [4.69, 9.17) is 4.74 Å². The van der Waals surface area contributed by atoms with Crippen LogP contribution < -0.4 is 9.64 Å². The highest BCUT2D eigenvalue weighted by atomic mass is 32.1. The number of anilines is 1. The number of fused-ring (bicyclic) bond motifs is 1. The van der Waals surface area contributed by atoms with Crippen LogP contribution in [0.15, 0.2) is 48.5 Å². The van der Waals surface area contributed by atoms with E-state index in [1.54, 1.807) is 11.6 Å². The molecule has 3 heterocycles. The van der Waals surface area contributed by atoms with E-state index in [-0.39, 0.29) is 17.7 Å². The van der Waals surface area contributed by atoms with Crippen molar-refractivity contribution in [3.8, 4) is 11.6 Å². The largest absolute Gasteiger partial charge is 0.497 e. The van der Waals surface area contributed by atoms with E-state index in [9.17, 15) is 9.50 Å². The second-order valence-electron chi connectivity index (χ2n) is 8.04. The van der Waals surface area contributed by atoms with E-state index < -0.39 is 0 Å². The van der Waals surface area contributed by atoms with Gasteiger partial charge in [-0.15, -0.1) is 5.10 Å². The molecule has 0 spiro atoms. The minimum Gasteiger partial charge on any atom is -0.497 e. The van der Waals surface area contributed by atoms with Gasteiger partial charge in [-0.05, 0) is 42.0 Å². The number of nitrogens with zero attached hydrogens (tertiary/aromatic N) is 5. The maximum atomic E-state index is 13.3. The molecule has 7 nitrogen and oxygen atoms in total. The molecule has 5 rings (SSSR count). The summed E-state index contributed by atoms with van der Waals surface area (Å²) in [6, 6.07) is 14.5. The first kappa shape index (κ1) is 21.7.